The zero-order valence-electron chi connectivity index (χ0n) is 12.8. The molecule has 0 aromatic heterocycles. The summed E-state index contributed by atoms with van der Waals surface area (Å²) in [5, 5.41) is 0. The Morgan fingerprint density at radius 2 is 0.258 bits per heavy atom. The fourth-order valence-corrected chi connectivity index (χ4v) is 0.909. The van der Waals surface area contributed by atoms with Gasteiger partial charge in [0.25, 0.3) is 0 Å². The highest BCUT2D eigenvalue weighted by atomic mass is 19.5. The molecule has 0 saturated heterocycles. The maximum atomic E-state index is 12.0. The molecule has 0 aromatic carbocycles. The van der Waals surface area contributed by atoms with Crippen molar-refractivity contribution in [3.8, 4) is 0 Å². The van der Waals surface area contributed by atoms with Crippen molar-refractivity contribution in [1.82, 2.24) is 0 Å². The van der Waals surface area contributed by atoms with Gasteiger partial charge in [0.1, 0.15) is 0 Å². The zero-order valence-corrected chi connectivity index (χ0v) is 12.8. The maximum absolute atomic E-state index is 12.0. The van der Waals surface area contributed by atoms with Crippen molar-refractivity contribution in [3.05, 3.63) is 0 Å². The van der Waals surface area contributed by atoms with Crippen molar-refractivity contribution in [3.63, 3.8) is 0 Å². The van der Waals surface area contributed by atoms with E-state index in [1.165, 1.54) is 0 Å². The van der Waals surface area contributed by atoms with E-state index >= 15 is 0 Å². The number of rotatable bonds is 3. The second-order valence-electron chi connectivity index (χ2n) is 4.86. The molecule has 22 heteroatoms. The first-order chi connectivity index (χ1) is 12.8. The molecule has 0 aliphatic carbocycles. The van der Waals surface area contributed by atoms with Crippen LogP contribution in [0.25, 0.3) is 0 Å². The van der Waals surface area contributed by atoms with Crippen LogP contribution in [0.1, 0.15) is 0 Å². The number of halogens is 22. The molecule has 0 rings (SSSR count). The molecule has 0 aliphatic heterocycles. The molecule has 0 amide bonds. The van der Waals surface area contributed by atoms with E-state index in [0.717, 1.165) is 0 Å². The second-order valence-corrected chi connectivity index (χ2v) is 4.86. The third-order valence-electron chi connectivity index (χ3n) is 2.61. The third-order valence-corrected chi connectivity index (χ3v) is 2.61. The molecule has 0 unspecified atom stereocenters. The minimum absolute atomic E-state index is 6.97. The Labute approximate surface area is 152 Å². The number of hydrogen-bond acceptors (Lipinski definition) is 0. The number of alkyl halides is 22. The van der Waals surface area contributed by atoms with Gasteiger partial charge in [-0.05, 0) is 0 Å². The van der Waals surface area contributed by atoms with Crippen LogP contribution in [0.2, 0.25) is 0 Å². The molecule has 31 heavy (non-hydrogen) atoms. The van der Waals surface area contributed by atoms with Crippen LogP contribution >= 0.6 is 0 Å². The lowest BCUT2D eigenvalue weighted by molar-refractivity contribution is -0.438. The maximum Gasteiger partial charge on any atom is 0.460 e. The van der Waals surface area contributed by atoms with Gasteiger partial charge in [-0.2, -0.15) is 96.6 Å². The minimum Gasteiger partial charge on any atom is -0.192 e. The highest BCUT2D eigenvalue weighted by Crippen LogP contribution is 2.57. The van der Waals surface area contributed by atoms with Crippen molar-refractivity contribution in [1.29, 1.82) is 0 Å². The summed E-state index contributed by atoms with van der Waals surface area (Å²) in [6.45, 7) is 0. The average molecular weight is 526 g/mol. The fraction of sp³-hybridized carbons (Fsp3) is 1.00. The standard InChI is InChI=1S/C5F12.C4F10/c6-1(7,2(8,9)4(12,13)14)3(10,11)5(15,16)17;5-1(6,3(9,10)11)2(7,8)4(12,13)14. The predicted molar refractivity (Wildman–Crippen MR) is 49.0 cm³/mol. The number of hydrogen-bond donors (Lipinski definition) is 0. The topological polar surface area (TPSA) is 0 Å². The van der Waals surface area contributed by atoms with Gasteiger partial charge in [0, 0.05) is 0 Å². The molecule has 0 bridgehead atoms. The van der Waals surface area contributed by atoms with E-state index in [0.29, 0.717) is 0 Å². The lowest BCUT2D eigenvalue weighted by Gasteiger charge is -2.34. The summed E-state index contributed by atoms with van der Waals surface area (Å²) in [6.07, 6.45) is -28.4. The van der Waals surface area contributed by atoms with E-state index in [1.807, 2.05) is 0 Å². The predicted octanol–water partition coefficient (Wildman–Crippen LogP) is 7.40. The van der Waals surface area contributed by atoms with E-state index in [-0.39, 0.29) is 0 Å². The molecule has 0 nitrogen and oxygen atoms in total. The van der Waals surface area contributed by atoms with Crippen LogP contribution in [0, 0.1) is 0 Å². The molecule has 0 atom stereocenters. The van der Waals surface area contributed by atoms with Gasteiger partial charge in [-0.25, -0.2) is 0 Å². The van der Waals surface area contributed by atoms with E-state index in [1.54, 1.807) is 0 Å². The highest BCUT2D eigenvalue weighted by molar-refractivity contribution is 5.03. The van der Waals surface area contributed by atoms with Crippen LogP contribution in [0.4, 0.5) is 96.6 Å². The van der Waals surface area contributed by atoms with E-state index in [9.17, 15) is 96.6 Å². The van der Waals surface area contributed by atoms with Crippen molar-refractivity contribution in [2.24, 2.45) is 0 Å². The van der Waals surface area contributed by atoms with Gasteiger partial charge in [0.2, 0.25) is 0 Å². The highest BCUT2D eigenvalue weighted by Gasteiger charge is 2.88. The molecule has 0 radical (unpaired) electrons. The molecule has 0 aliphatic rings. The minimum atomic E-state index is -7.66. The van der Waals surface area contributed by atoms with Crippen molar-refractivity contribution in [2.75, 3.05) is 0 Å². The molecule has 0 saturated carbocycles. The Hall–Kier alpha value is -1.54. The van der Waals surface area contributed by atoms with Gasteiger partial charge in [0.15, 0.2) is 0 Å². The monoisotopic (exact) mass is 526 g/mol. The van der Waals surface area contributed by atoms with Crippen LogP contribution in [0.15, 0.2) is 0 Å². The van der Waals surface area contributed by atoms with E-state index in [4.69, 9.17) is 0 Å². The van der Waals surface area contributed by atoms with Crippen molar-refractivity contribution >= 4 is 0 Å². The first-order valence-electron chi connectivity index (χ1n) is 5.91. The summed E-state index contributed by atoms with van der Waals surface area (Å²) in [5.41, 5.74) is 0. The van der Waals surface area contributed by atoms with Gasteiger partial charge in [0.05, 0.1) is 0 Å². The van der Waals surface area contributed by atoms with Crippen LogP contribution in [0.3, 0.4) is 0 Å². The molecule has 0 fully saturated rings. The van der Waals surface area contributed by atoms with Crippen LogP contribution in [-0.4, -0.2) is 54.3 Å². The first kappa shape index (κ1) is 31.6. The summed E-state index contributed by atoms with van der Waals surface area (Å²) in [7, 11) is 0. The van der Waals surface area contributed by atoms with Gasteiger partial charge < -0.3 is 0 Å². The molecule has 0 heterocycles. The summed E-state index contributed by atoms with van der Waals surface area (Å²) < 4.78 is 253. The van der Waals surface area contributed by atoms with E-state index in [2.05, 4.69) is 0 Å². The van der Waals surface area contributed by atoms with Gasteiger partial charge in [-0.3, -0.25) is 0 Å². The quantitative estimate of drug-likeness (QED) is 0.337. The van der Waals surface area contributed by atoms with Gasteiger partial charge in [-0.15, -0.1) is 0 Å². The van der Waals surface area contributed by atoms with Crippen LogP contribution in [0.5, 0.6) is 0 Å². The molecule has 190 valence electrons. The SMILES string of the molecule is FC(F)(F)C(F)(F)C(F)(F)C(F)(F)C(F)(F)F.FC(F)(F)C(F)(F)C(F)(F)C(F)(F)F. The lowest BCUT2D eigenvalue weighted by Crippen LogP contribution is -2.65. The summed E-state index contributed by atoms with van der Waals surface area (Å²) in [6, 6.07) is 0. The van der Waals surface area contributed by atoms with Crippen LogP contribution in [-0.2, 0) is 0 Å². The molecule has 0 aromatic rings. The first-order valence-corrected chi connectivity index (χ1v) is 5.91. The molecular weight excluding hydrogens is 526 g/mol. The summed E-state index contributed by atoms with van der Waals surface area (Å²) >= 11 is 0. The zero-order chi connectivity index (χ0) is 26.5. The Morgan fingerprint density at radius 1 is 0.161 bits per heavy atom. The Kier molecular flexibility index (Phi) is 7.96. The lowest BCUT2D eigenvalue weighted by atomic mass is 10.0. The van der Waals surface area contributed by atoms with Crippen LogP contribution < -0.4 is 0 Å². The largest absolute Gasteiger partial charge is 0.460 e. The smallest absolute Gasteiger partial charge is 0.192 e. The fourth-order valence-electron chi connectivity index (χ4n) is 0.909. The Balaban J connectivity index is 0. The van der Waals surface area contributed by atoms with Crippen molar-refractivity contribution < 1.29 is 96.6 Å². The molecule has 0 N–H and O–H groups in total. The van der Waals surface area contributed by atoms with E-state index < -0.39 is 54.3 Å². The van der Waals surface area contributed by atoms with Gasteiger partial charge >= 0.3 is 54.3 Å². The normalized spacial score (nSPS) is 16.1. The Bertz CT molecular complexity index is 538. The third kappa shape index (κ3) is 5.28. The van der Waals surface area contributed by atoms with Gasteiger partial charge in [-0.1, -0.05) is 0 Å². The molecule has 0 spiro atoms. The average Bonchev–Trinajstić information content (AvgIpc) is 2.42. The Morgan fingerprint density at radius 3 is 0.355 bits per heavy atom. The van der Waals surface area contributed by atoms with Crippen molar-refractivity contribution in [2.45, 2.75) is 54.3 Å². The summed E-state index contributed by atoms with van der Waals surface area (Å²) in [5.74, 6) is -37.0. The molecular formula is C9F22. The summed E-state index contributed by atoms with van der Waals surface area (Å²) in [4.78, 5) is 0. The second kappa shape index (κ2) is 7.80.